The van der Waals surface area contributed by atoms with E-state index in [4.69, 9.17) is 9.47 Å². The minimum absolute atomic E-state index is 0.0957. The molecule has 1 saturated heterocycles. The number of carbonyl (C=O) groups is 2. The van der Waals surface area contributed by atoms with Crippen molar-refractivity contribution in [3.63, 3.8) is 0 Å². The maximum absolute atomic E-state index is 13.3. The molecule has 3 saturated carbocycles. The van der Waals surface area contributed by atoms with E-state index in [0.717, 1.165) is 57.8 Å². The molecule has 2 unspecified atom stereocenters. The van der Waals surface area contributed by atoms with Gasteiger partial charge in [0.1, 0.15) is 18.3 Å². The lowest BCUT2D eigenvalue weighted by molar-refractivity contribution is -0.192. The Hall–Kier alpha value is -1.04. The molecule has 0 aromatic carbocycles. The molecule has 0 radical (unpaired) electrons. The fraction of sp³-hybridized carbons (Fsp3) is 0.852. The summed E-state index contributed by atoms with van der Waals surface area (Å²) < 4.78 is 12.4. The average Bonchev–Trinajstić information content (AvgIpc) is 3.45. The molecule has 0 amide bonds. The van der Waals surface area contributed by atoms with Crippen molar-refractivity contribution in [2.45, 2.75) is 109 Å². The number of rotatable bonds is 7. The van der Waals surface area contributed by atoms with Gasteiger partial charge in [0.25, 0.3) is 0 Å². The van der Waals surface area contributed by atoms with Crippen molar-refractivity contribution in [1.29, 1.82) is 0 Å². The van der Waals surface area contributed by atoms with Gasteiger partial charge < -0.3 is 14.6 Å². The number of aliphatic hydroxyl groups excluding tert-OH is 1. The zero-order chi connectivity index (χ0) is 22.7. The fourth-order valence-corrected chi connectivity index (χ4v) is 8.44. The number of hydrogen-bond acceptors (Lipinski definition) is 5. The third kappa shape index (κ3) is 3.21. The van der Waals surface area contributed by atoms with Gasteiger partial charge in [0.15, 0.2) is 17.9 Å². The van der Waals surface area contributed by atoms with Crippen LogP contribution in [0.25, 0.3) is 0 Å². The van der Waals surface area contributed by atoms with E-state index in [1.54, 1.807) is 0 Å². The van der Waals surface area contributed by atoms with Crippen molar-refractivity contribution in [2.75, 3.05) is 6.61 Å². The van der Waals surface area contributed by atoms with E-state index in [9.17, 15) is 14.7 Å². The van der Waals surface area contributed by atoms with Gasteiger partial charge in [0, 0.05) is 11.8 Å². The molecule has 0 spiro atoms. The molecule has 178 valence electrons. The Labute approximate surface area is 192 Å². The molecule has 1 N–H and O–H groups in total. The number of allylic oxidation sites excluding steroid dienone is 1. The number of unbranched alkanes of at least 4 members (excludes halogenated alkanes) is 1. The first-order valence-electron chi connectivity index (χ1n) is 13.0. The van der Waals surface area contributed by atoms with Crippen molar-refractivity contribution < 1.29 is 24.2 Å². The molecule has 1 aliphatic heterocycles. The number of fused-ring (bicyclic) bond motifs is 5. The number of Topliss-reactive ketones (excluding diaryl/α,β-unsaturated/α-hetero) is 1. The molecular formula is C27H40O5. The van der Waals surface area contributed by atoms with Crippen molar-refractivity contribution in [3.05, 3.63) is 11.6 Å². The van der Waals surface area contributed by atoms with Gasteiger partial charge in [-0.3, -0.25) is 9.59 Å². The maximum Gasteiger partial charge on any atom is 0.190 e. The Kier molecular flexibility index (Phi) is 5.70. The first-order valence-corrected chi connectivity index (χ1v) is 13.0. The second-order valence-corrected chi connectivity index (χ2v) is 11.7. The smallest absolute Gasteiger partial charge is 0.190 e. The fourth-order valence-electron chi connectivity index (χ4n) is 8.44. The average molecular weight is 445 g/mol. The van der Waals surface area contributed by atoms with Crippen molar-refractivity contribution in [3.8, 4) is 0 Å². The van der Waals surface area contributed by atoms with E-state index >= 15 is 0 Å². The quantitative estimate of drug-likeness (QED) is 0.574. The zero-order valence-electron chi connectivity index (χ0n) is 20.0. The highest BCUT2D eigenvalue weighted by atomic mass is 16.8. The second kappa shape index (κ2) is 8.02. The lowest BCUT2D eigenvalue weighted by Gasteiger charge is -2.59. The molecule has 5 nitrogen and oxygen atoms in total. The van der Waals surface area contributed by atoms with E-state index < -0.39 is 12.2 Å². The minimum Gasteiger partial charge on any atom is -0.388 e. The molecule has 0 aromatic heterocycles. The summed E-state index contributed by atoms with van der Waals surface area (Å²) in [4.78, 5) is 25.4. The standard InChI is InChI=1S/C27H40O5/c1-4-5-6-22-24(31-22)32-27(23(30)16-28)14-11-21-19-8-7-17-15-18(29)9-12-25(17,2)20(19)10-13-26(21,27)3/h15,19-22,24,28H,4-14,16H2,1-3H3/t19-,20+,21+,22?,24?,25+,26+,27+/m1/s1. The van der Waals surface area contributed by atoms with Crippen LogP contribution in [-0.2, 0) is 19.1 Å². The predicted molar refractivity (Wildman–Crippen MR) is 121 cm³/mol. The first kappa shape index (κ1) is 22.7. The number of aliphatic hydroxyl groups is 1. The van der Waals surface area contributed by atoms with Crippen LogP contribution in [0, 0.1) is 28.6 Å². The van der Waals surface area contributed by atoms with Crippen LogP contribution >= 0.6 is 0 Å². The molecule has 0 bridgehead atoms. The Morgan fingerprint density at radius 2 is 1.94 bits per heavy atom. The molecule has 32 heavy (non-hydrogen) atoms. The molecule has 5 aliphatic rings. The highest BCUT2D eigenvalue weighted by Crippen LogP contribution is 2.68. The summed E-state index contributed by atoms with van der Waals surface area (Å²) in [6, 6.07) is 0. The Balaban J connectivity index is 1.41. The number of carbonyl (C=O) groups excluding carboxylic acids is 2. The highest BCUT2D eigenvalue weighted by Gasteiger charge is 2.68. The predicted octanol–water partition coefficient (Wildman–Crippen LogP) is 4.75. The molecule has 4 aliphatic carbocycles. The first-order chi connectivity index (χ1) is 15.3. The van der Waals surface area contributed by atoms with Gasteiger partial charge in [-0.2, -0.15) is 0 Å². The lowest BCUT2D eigenvalue weighted by atomic mass is 9.46. The van der Waals surface area contributed by atoms with E-state index in [1.807, 2.05) is 6.08 Å². The normalized spacial score (nSPS) is 47.3. The van der Waals surface area contributed by atoms with Crippen LogP contribution in [0.2, 0.25) is 0 Å². The summed E-state index contributed by atoms with van der Waals surface area (Å²) >= 11 is 0. The minimum atomic E-state index is -0.928. The van der Waals surface area contributed by atoms with Crippen LogP contribution in [0.5, 0.6) is 0 Å². The lowest BCUT2D eigenvalue weighted by Crippen LogP contribution is -2.59. The van der Waals surface area contributed by atoms with Gasteiger partial charge in [-0.05, 0) is 80.6 Å². The number of epoxide rings is 1. The van der Waals surface area contributed by atoms with Crippen molar-refractivity contribution in [2.24, 2.45) is 28.6 Å². The Morgan fingerprint density at radius 1 is 1.16 bits per heavy atom. The Bertz CT molecular complexity index is 819. The van der Waals surface area contributed by atoms with Crippen LogP contribution in [-0.4, -0.2) is 41.3 Å². The van der Waals surface area contributed by atoms with Crippen LogP contribution in [0.3, 0.4) is 0 Å². The number of ether oxygens (including phenoxy) is 2. The van der Waals surface area contributed by atoms with E-state index in [2.05, 4.69) is 20.8 Å². The summed E-state index contributed by atoms with van der Waals surface area (Å²) in [5, 5.41) is 9.95. The topological polar surface area (TPSA) is 76.1 Å². The van der Waals surface area contributed by atoms with Crippen LogP contribution in [0.15, 0.2) is 11.6 Å². The van der Waals surface area contributed by atoms with Crippen LogP contribution in [0.1, 0.15) is 91.4 Å². The zero-order valence-corrected chi connectivity index (χ0v) is 20.0. The monoisotopic (exact) mass is 444 g/mol. The van der Waals surface area contributed by atoms with Gasteiger partial charge in [0.2, 0.25) is 0 Å². The van der Waals surface area contributed by atoms with Crippen molar-refractivity contribution in [1.82, 2.24) is 0 Å². The summed E-state index contributed by atoms with van der Waals surface area (Å²) in [5.74, 6) is 1.68. The van der Waals surface area contributed by atoms with Gasteiger partial charge in [-0.15, -0.1) is 0 Å². The van der Waals surface area contributed by atoms with E-state index in [1.165, 1.54) is 5.57 Å². The maximum atomic E-state index is 13.3. The summed E-state index contributed by atoms with van der Waals surface area (Å²) in [6.45, 7) is 6.35. The number of hydrogen-bond donors (Lipinski definition) is 1. The molecule has 8 atom stereocenters. The van der Waals surface area contributed by atoms with Gasteiger partial charge >= 0.3 is 0 Å². The van der Waals surface area contributed by atoms with Gasteiger partial charge in [-0.1, -0.05) is 39.2 Å². The summed E-state index contributed by atoms with van der Waals surface area (Å²) in [6.07, 6.45) is 12.3. The van der Waals surface area contributed by atoms with E-state index in [0.29, 0.717) is 36.4 Å². The molecule has 5 heteroatoms. The molecular weight excluding hydrogens is 404 g/mol. The van der Waals surface area contributed by atoms with Gasteiger partial charge in [-0.25, -0.2) is 0 Å². The van der Waals surface area contributed by atoms with Crippen molar-refractivity contribution >= 4 is 11.6 Å². The molecule has 5 rings (SSSR count). The summed E-state index contributed by atoms with van der Waals surface area (Å²) in [5.41, 5.74) is 0.298. The molecule has 0 aromatic rings. The van der Waals surface area contributed by atoms with E-state index in [-0.39, 0.29) is 29.0 Å². The SMILES string of the molecule is CCCCC1OC1O[C@]1(C(=O)CO)CC[C@H]2[C@@H]3CCC4=CC(=O)CC[C@]4(C)[C@H]3CC[C@@]21C. The largest absolute Gasteiger partial charge is 0.388 e. The molecule has 4 fully saturated rings. The highest BCUT2D eigenvalue weighted by molar-refractivity contribution is 5.92. The van der Waals surface area contributed by atoms with Gasteiger partial charge in [0.05, 0.1) is 0 Å². The third-order valence-corrected chi connectivity index (χ3v) is 10.4. The summed E-state index contributed by atoms with van der Waals surface area (Å²) in [7, 11) is 0. The second-order valence-electron chi connectivity index (χ2n) is 11.7. The number of ketones is 2. The Morgan fingerprint density at radius 3 is 2.69 bits per heavy atom. The van der Waals surface area contributed by atoms with Crippen LogP contribution in [0.4, 0.5) is 0 Å². The molecule has 1 heterocycles. The van der Waals surface area contributed by atoms with Crippen LogP contribution < -0.4 is 0 Å². The third-order valence-electron chi connectivity index (χ3n) is 10.4.